The molecule has 28 heavy (non-hydrogen) atoms. The van der Waals surface area contributed by atoms with Crippen LogP contribution in [-0.4, -0.2) is 29.8 Å². The average molecular weight is 382 g/mol. The summed E-state index contributed by atoms with van der Waals surface area (Å²) in [6.07, 6.45) is 3.53. The van der Waals surface area contributed by atoms with Crippen molar-refractivity contribution in [2.45, 2.75) is 25.7 Å². The Morgan fingerprint density at radius 3 is 2.64 bits per heavy atom. The monoisotopic (exact) mass is 382 g/mol. The third kappa shape index (κ3) is 4.32. The molecule has 0 radical (unpaired) electrons. The predicted molar refractivity (Wildman–Crippen MR) is 104 cm³/mol. The number of anilines is 1. The van der Waals surface area contributed by atoms with Crippen LogP contribution in [0.2, 0.25) is 0 Å². The predicted octanol–water partition coefficient (Wildman–Crippen LogP) is 4.21. The molecule has 1 aliphatic carbocycles. The zero-order valence-electron chi connectivity index (χ0n) is 15.6. The average Bonchev–Trinajstić information content (AvgIpc) is 3.54. The lowest BCUT2D eigenvalue weighted by atomic mass is 9.96. The summed E-state index contributed by atoms with van der Waals surface area (Å²) in [5.41, 5.74) is 0.530. The number of carbonyl (C=O) groups excluding carboxylic acids is 2. The molecule has 6 heteroatoms. The Bertz CT molecular complexity index is 882. The van der Waals surface area contributed by atoms with Crippen molar-refractivity contribution in [1.82, 2.24) is 4.90 Å². The maximum Gasteiger partial charge on any atom is 0.229 e. The molecule has 5 nitrogen and oxygen atoms in total. The molecule has 146 valence electrons. The molecule has 2 aromatic rings. The lowest BCUT2D eigenvalue weighted by Gasteiger charge is -2.32. The van der Waals surface area contributed by atoms with Crippen molar-refractivity contribution in [3.63, 3.8) is 0 Å². The van der Waals surface area contributed by atoms with Gasteiger partial charge >= 0.3 is 0 Å². The lowest BCUT2D eigenvalue weighted by Crippen LogP contribution is -2.44. The van der Waals surface area contributed by atoms with Crippen LogP contribution in [0, 0.1) is 17.7 Å². The van der Waals surface area contributed by atoms with Crippen LogP contribution in [0.5, 0.6) is 11.5 Å². The van der Waals surface area contributed by atoms with Crippen molar-refractivity contribution in [2.75, 3.05) is 18.4 Å². The Hall–Kier alpha value is -2.89. The van der Waals surface area contributed by atoms with E-state index in [1.54, 1.807) is 36.4 Å². The number of likely N-dealkylation sites (tertiary alicyclic amines) is 1. The minimum Gasteiger partial charge on any atom is -0.455 e. The molecule has 4 rings (SSSR count). The van der Waals surface area contributed by atoms with E-state index in [2.05, 4.69) is 5.32 Å². The molecule has 0 aromatic heterocycles. The number of hydrogen-bond donors (Lipinski definition) is 1. The molecule has 1 heterocycles. The number of hydrogen-bond acceptors (Lipinski definition) is 3. The minimum absolute atomic E-state index is 0.122. The van der Waals surface area contributed by atoms with E-state index in [0.29, 0.717) is 23.7 Å². The molecule has 2 fully saturated rings. The lowest BCUT2D eigenvalue weighted by molar-refractivity contribution is -0.135. The highest BCUT2D eigenvalue weighted by Crippen LogP contribution is 2.33. The molecule has 0 spiro atoms. The van der Waals surface area contributed by atoms with Crippen LogP contribution in [0.1, 0.15) is 25.7 Å². The molecule has 2 aromatic carbocycles. The number of ether oxygens (including phenoxy) is 1. The number of rotatable bonds is 5. The van der Waals surface area contributed by atoms with Crippen LogP contribution >= 0.6 is 0 Å². The number of amides is 2. The molecule has 1 aliphatic heterocycles. The topological polar surface area (TPSA) is 58.6 Å². The molecule has 1 atom stereocenters. The number of nitrogens with one attached hydrogen (secondary N) is 1. The largest absolute Gasteiger partial charge is 0.455 e. The second-order valence-corrected chi connectivity index (χ2v) is 7.44. The first-order valence-corrected chi connectivity index (χ1v) is 9.72. The van der Waals surface area contributed by atoms with Gasteiger partial charge in [-0.05, 0) is 49.9 Å². The van der Waals surface area contributed by atoms with Gasteiger partial charge in [-0.15, -0.1) is 0 Å². The summed E-state index contributed by atoms with van der Waals surface area (Å²) >= 11 is 0. The second-order valence-electron chi connectivity index (χ2n) is 7.44. The van der Waals surface area contributed by atoms with Crippen molar-refractivity contribution in [2.24, 2.45) is 11.8 Å². The number of carbonyl (C=O) groups is 2. The Morgan fingerprint density at radius 1 is 1.04 bits per heavy atom. The van der Waals surface area contributed by atoms with Gasteiger partial charge in [0.15, 0.2) is 5.75 Å². The van der Waals surface area contributed by atoms with Crippen LogP contribution in [0.4, 0.5) is 10.1 Å². The number of para-hydroxylation sites is 2. The number of piperidine rings is 1. The zero-order valence-corrected chi connectivity index (χ0v) is 15.6. The van der Waals surface area contributed by atoms with Crippen LogP contribution < -0.4 is 10.1 Å². The highest BCUT2D eigenvalue weighted by atomic mass is 19.1. The van der Waals surface area contributed by atoms with Crippen LogP contribution in [0.15, 0.2) is 48.5 Å². The first-order chi connectivity index (χ1) is 13.6. The normalized spacial score (nSPS) is 19.2. The van der Waals surface area contributed by atoms with Gasteiger partial charge in [0.2, 0.25) is 11.8 Å². The Kier molecular flexibility index (Phi) is 5.28. The number of halogens is 1. The quantitative estimate of drug-likeness (QED) is 0.843. The maximum absolute atomic E-state index is 13.4. The minimum atomic E-state index is -0.387. The highest BCUT2D eigenvalue weighted by molar-refractivity contribution is 5.94. The summed E-state index contributed by atoms with van der Waals surface area (Å²) < 4.78 is 19.2. The van der Waals surface area contributed by atoms with Gasteiger partial charge in [0, 0.05) is 25.1 Å². The Labute approximate surface area is 163 Å². The van der Waals surface area contributed by atoms with Crippen molar-refractivity contribution in [3.8, 4) is 11.5 Å². The summed E-state index contributed by atoms with van der Waals surface area (Å²) in [6, 6.07) is 12.9. The fraction of sp³-hybridized carbons (Fsp3) is 0.364. The zero-order chi connectivity index (χ0) is 19.5. The van der Waals surface area contributed by atoms with Gasteiger partial charge in [-0.25, -0.2) is 4.39 Å². The van der Waals surface area contributed by atoms with Crippen LogP contribution in [0.3, 0.4) is 0 Å². The van der Waals surface area contributed by atoms with Crippen molar-refractivity contribution >= 4 is 17.5 Å². The van der Waals surface area contributed by atoms with Gasteiger partial charge in [0.05, 0.1) is 11.6 Å². The summed E-state index contributed by atoms with van der Waals surface area (Å²) in [5, 5.41) is 2.92. The smallest absolute Gasteiger partial charge is 0.229 e. The van der Waals surface area contributed by atoms with E-state index in [-0.39, 0.29) is 29.5 Å². The second kappa shape index (κ2) is 8.00. The Morgan fingerprint density at radius 2 is 1.86 bits per heavy atom. The third-order valence-electron chi connectivity index (χ3n) is 5.20. The molecule has 0 bridgehead atoms. The fourth-order valence-corrected chi connectivity index (χ4v) is 3.53. The van der Waals surface area contributed by atoms with Crippen molar-refractivity contribution in [1.29, 1.82) is 0 Å². The Balaban J connectivity index is 1.43. The van der Waals surface area contributed by atoms with Gasteiger partial charge in [0.25, 0.3) is 0 Å². The van der Waals surface area contributed by atoms with E-state index in [4.69, 9.17) is 4.74 Å². The van der Waals surface area contributed by atoms with E-state index >= 15 is 0 Å². The van der Waals surface area contributed by atoms with E-state index in [1.165, 1.54) is 12.1 Å². The summed E-state index contributed by atoms with van der Waals surface area (Å²) in [4.78, 5) is 27.0. The van der Waals surface area contributed by atoms with Gasteiger partial charge < -0.3 is 15.0 Å². The SMILES string of the molecule is O=C(Nc1ccccc1Oc1cccc(F)c1)C1CCCN(C(=O)C2CC2)C1. The van der Waals surface area contributed by atoms with Gasteiger partial charge in [-0.1, -0.05) is 18.2 Å². The summed E-state index contributed by atoms with van der Waals surface area (Å²) in [6.45, 7) is 1.20. The van der Waals surface area contributed by atoms with E-state index in [1.807, 2.05) is 4.90 Å². The summed E-state index contributed by atoms with van der Waals surface area (Å²) in [7, 11) is 0. The molecular formula is C22H23FN2O3. The van der Waals surface area contributed by atoms with Crippen LogP contribution in [-0.2, 0) is 9.59 Å². The first-order valence-electron chi connectivity index (χ1n) is 9.72. The third-order valence-corrected chi connectivity index (χ3v) is 5.20. The molecule has 1 saturated carbocycles. The number of nitrogens with zero attached hydrogens (tertiary/aromatic N) is 1. The standard InChI is InChI=1S/C22H23FN2O3/c23-17-6-3-7-18(13-17)28-20-9-2-1-8-19(20)24-21(26)16-5-4-12-25(14-16)22(27)15-10-11-15/h1-3,6-9,13,15-16H,4-5,10-12,14H2,(H,24,26). The molecule has 1 N–H and O–H groups in total. The number of benzene rings is 2. The first kappa shape index (κ1) is 18.5. The van der Waals surface area contributed by atoms with Gasteiger partial charge in [0.1, 0.15) is 11.6 Å². The van der Waals surface area contributed by atoms with E-state index in [9.17, 15) is 14.0 Å². The van der Waals surface area contributed by atoms with E-state index in [0.717, 1.165) is 32.2 Å². The van der Waals surface area contributed by atoms with Gasteiger partial charge in [-0.2, -0.15) is 0 Å². The fourth-order valence-electron chi connectivity index (χ4n) is 3.53. The highest BCUT2D eigenvalue weighted by Gasteiger charge is 2.36. The van der Waals surface area contributed by atoms with Gasteiger partial charge in [-0.3, -0.25) is 9.59 Å². The maximum atomic E-state index is 13.4. The molecule has 2 aliphatic rings. The molecule has 1 saturated heterocycles. The summed E-state index contributed by atoms with van der Waals surface area (Å²) in [5.74, 6) is 0.419. The molecule has 1 unspecified atom stereocenters. The van der Waals surface area contributed by atoms with Crippen LogP contribution in [0.25, 0.3) is 0 Å². The van der Waals surface area contributed by atoms with E-state index < -0.39 is 0 Å². The molecular weight excluding hydrogens is 359 g/mol. The van der Waals surface area contributed by atoms with Crippen molar-refractivity contribution < 1.29 is 18.7 Å². The van der Waals surface area contributed by atoms with Crippen molar-refractivity contribution in [3.05, 3.63) is 54.3 Å². The molecule has 2 amide bonds.